The van der Waals surface area contributed by atoms with E-state index >= 15 is 0 Å². The van der Waals surface area contributed by atoms with Crippen LogP contribution < -0.4 is 0 Å². The van der Waals surface area contributed by atoms with Crippen LogP contribution in [0.25, 0.3) is 0 Å². The van der Waals surface area contributed by atoms with E-state index in [0.717, 1.165) is 12.3 Å². The topological polar surface area (TPSA) is 20.2 Å². The Kier molecular flexibility index (Phi) is 2.50. The average Bonchev–Trinajstić information content (AvgIpc) is 1.85. The summed E-state index contributed by atoms with van der Waals surface area (Å²) in [6.07, 6.45) is 5.16. The summed E-state index contributed by atoms with van der Waals surface area (Å²) in [5.74, 6) is 0.722. The van der Waals surface area contributed by atoms with Gasteiger partial charge in [0, 0.05) is 0 Å². The lowest BCUT2D eigenvalue weighted by Gasteiger charge is -2.22. The predicted molar refractivity (Wildman–Crippen MR) is 42.8 cm³/mol. The van der Waals surface area contributed by atoms with Gasteiger partial charge in [-0.05, 0) is 25.7 Å². The first-order chi connectivity index (χ1) is 4.72. The van der Waals surface area contributed by atoms with Gasteiger partial charge in [-0.1, -0.05) is 25.0 Å². The van der Waals surface area contributed by atoms with Crippen molar-refractivity contribution >= 4 is 0 Å². The van der Waals surface area contributed by atoms with Gasteiger partial charge in [-0.2, -0.15) is 0 Å². The Labute approximate surface area is 62.8 Å². The average molecular weight is 140 g/mol. The highest BCUT2D eigenvalue weighted by Gasteiger charge is 2.16. The molecule has 0 amide bonds. The molecule has 0 fully saturated rings. The fourth-order valence-corrected chi connectivity index (χ4v) is 1.66. The van der Waals surface area contributed by atoms with E-state index in [1.54, 1.807) is 0 Å². The predicted octanol–water partition coefficient (Wildman–Crippen LogP) is 2.11. The molecule has 0 radical (unpaired) electrons. The number of rotatable bonds is 1. The van der Waals surface area contributed by atoms with Gasteiger partial charge in [-0.25, -0.2) is 0 Å². The molecule has 2 unspecified atom stereocenters. The van der Waals surface area contributed by atoms with Crippen LogP contribution in [0.3, 0.4) is 0 Å². The van der Waals surface area contributed by atoms with Crippen molar-refractivity contribution in [1.82, 2.24) is 0 Å². The summed E-state index contributed by atoms with van der Waals surface area (Å²) in [6, 6.07) is 0. The molecule has 0 heterocycles. The molecule has 0 aromatic rings. The minimum absolute atomic E-state index is 0.168. The molecule has 1 aliphatic carbocycles. The van der Waals surface area contributed by atoms with Crippen molar-refractivity contribution in [2.45, 2.75) is 39.2 Å². The number of aliphatic hydroxyl groups excluding tert-OH is 1. The third-order valence-electron chi connectivity index (χ3n) is 2.24. The molecule has 0 saturated heterocycles. The van der Waals surface area contributed by atoms with Crippen molar-refractivity contribution < 1.29 is 5.11 Å². The molecule has 1 rings (SSSR count). The molecular weight excluding hydrogens is 124 g/mol. The standard InChI is InChI=1S/C9H16O/c1-3-8-4-7(2)5-9(10)6-8/h5,8-10H,3-4,6H2,1-2H3. The molecule has 0 spiro atoms. The molecule has 0 aromatic heterocycles. The Morgan fingerprint density at radius 2 is 2.40 bits per heavy atom. The van der Waals surface area contributed by atoms with Crippen molar-refractivity contribution in [3.05, 3.63) is 11.6 Å². The summed E-state index contributed by atoms with van der Waals surface area (Å²) < 4.78 is 0. The summed E-state index contributed by atoms with van der Waals surface area (Å²) in [6.45, 7) is 4.29. The van der Waals surface area contributed by atoms with Gasteiger partial charge in [0.2, 0.25) is 0 Å². The van der Waals surface area contributed by atoms with E-state index in [1.807, 2.05) is 6.08 Å². The fourth-order valence-electron chi connectivity index (χ4n) is 1.66. The Hall–Kier alpha value is -0.300. The first-order valence-corrected chi connectivity index (χ1v) is 4.07. The highest BCUT2D eigenvalue weighted by Crippen LogP contribution is 2.25. The Morgan fingerprint density at radius 3 is 2.90 bits per heavy atom. The first kappa shape index (κ1) is 7.80. The van der Waals surface area contributed by atoms with E-state index in [2.05, 4.69) is 13.8 Å². The van der Waals surface area contributed by atoms with Crippen molar-refractivity contribution in [2.75, 3.05) is 0 Å². The molecule has 2 atom stereocenters. The molecule has 0 aliphatic heterocycles. The largest absolute Gasteiger partial charge is 0.389 e. The molecule has 1 N–H and O–H groups in total. The zero-order chi connectivity index (χ0) is 7.56. The van der Waals surface area contributed by atoms with Crippen LogP contribution in [0.1, 0.15) is 33.1 Å². The summed E-state index contributed by atoms with van der Waals surface area (Å²) in [5.41, 5.74) is 1.35. The highest BCUT2D eigenvalue weighted by atomic mass is 16.3. The van der Waals surface area contributed by atoms with Gasteiger partial charge in [0.15, 0.2) is 0 Å². The maximum absolute atomic E-state index is 9.30. The molecule has 10 heavy (non-hydrogen) atoms. The second-order valence-electron chi connectivity index (χ2n) is 3.29. The fraction of sp³-hybridized carbons (Fsp3) is 0.778. The summed E-state index contributed by atoms with van der Waals surface area (Å²) in [7, 11) is 0. The third-order valence-corrected chi connectivity index (χ3v) is 2.24. The Morgan fingerprint density at radius 1 is 1.70 bits per heavy atom. The first-order valence-electron chi connectivity index (χ1n) is 4.07. The van der Waals surface area contributed by atoms with Crippen LogP contribution in [0.2, 0.25) is 0 Å². The van der Waals surface area contributed by atoms with E-state index < -0.39 is 0 Å². The Balaban J connectivity index is 2.52. The molecule has 0 saturated carbocycles. The highest BCUT2D eigenvalue weighted by molar-refractivity contribution is 5.07. The number of hydrogen-bond acceptors (Lipinski definition) is 1. The van der Waals surface area contributed by atoms with Gasteiger partial charge in [0.1, 0.15) is 0 Å². The normalized spacial score (nSPS) is 33.7. The quantitative estimate of drug-likeness (QED) is 0.553. The lowest BCUT2D eigenvalue weighted by molar-refractivity contribution is 0.174. The third kappa shape index (κ3) is 1.84. The van der Waals surface area contributed by atoms with Crippen LogP contribution in [0.4, 0.5) is 0 Å². The summed E-state index contributed by atoms with van der Waals surface area (Å²) in [4.78, 5) is 0. The lowest BCUT2D eigenvalue weighted by Crippen LogP contribution is -2.16. The van der Waals surface area contributed by atoms with Crippen molar-refractivity contribution in [3.63, 3.8) is 0 Å². The molecule has 0 aromatic carbocycles. The van der Waals surface area contributed by atoms with Crippen LogP contribution in [0.5, 0.6) is 0 Å². The van der Waals surface area contributed by atoms with Gasteiger partial charge in [0.25, 0.3) is 0 Å². The van der Waals surface area contributed by atoms with E-state index in [4.69, 9.17) is 0 Å². The molecule has 1 heteroatoms. The van der Waals surface area contributed by atoms with Crippen LogP contribution in [0, 0.1) is 5.92 Å². The van der Waals surface area contributed by atoms with Crippen LogP contribution in [-0.2, 0) is 0 Å². The van der Waals surface area contributed by atoms with Gasteiger partial charge < -0.3 is 5.11 Å². The molecule has 0 bridgehead atoms. The van der Waals surface area contributed by atoms with Crippen LogP contribution >= 0.6 is 0 Å². The minimum Gasteiger partial charge on any atom is -0.389 e. The van der Waals surface area contributed by atoms with Crippen molar-refractivity contribution in [3.8, 4) is 0 Å². The van der Waals surface area contributed by atoms with Gasteiger partial charge >= 0.3 is 0 Å². The monoisotopic (exact) mass is 140 g/mol. The van der Waals surface area contributed by atoms with Gasteiger partial charge in [0.05, 0.1) is 6.10 Å². The van der Waals surface area contributed by atoms with E-state index in [-0.39, 0.29) is 6.10 Å². The molecule has 1 aliphatic rings. The molecule has 58 valence electrons. The van der Waals surface area contributed by atoms with Crippen LogP contribution in [-0.4, -0.2) is 11.2 Å². The van der Waals surface area contributed by atoms with Crippen LogP contribution in [0.15, 0.2) is 11.6 Å². The second kappa shape index (κ2) is 3.20. The summed E-state index contributed by atoms with van der Waals surface area (Å²) in [5, 5.41) is 9.30. The molecule has 1 nitrogen and oxygen atoms in total. The number of aliphatic hydroxyl groups is 1. The lowest BCUT2D eigenvalue weighted by atomic mass is 9.86. The SMILES string of the molecule is CCC1CC(C)=CC(O)C1. The zero-order valence-electron chi connectivity index (χ0n) is 6.80. The minimum atomic E-state index is -0.168. The second-order valence-corrected chi connectivity index (χ2v) is 3.29. The number of hydrogen-bond donors (Lipinski definition) is 1. The maximum atomic E-state index is 9.30. The maximum Gasteiger partial charge on any atom is 0.0726 e. The van der Waals surface area contributed by atoms with Gasteiger partial charge in [-0.3, -0.25) is 0 Å². The summed E-state index contributed by atoms with van der Waals surface area (Å²) >= 11 is 0. The van der Waals surface area contributed by atoms with Gasteiger partial charge in [-0.15, -0.1) is 0 Å². The van der Waals surface area contributed by atoms with E-state index in [9.17, 15) is 5.11 Å². The van der Waals surface area contributed by atoms with Crippen molar-refractivity contribution in [1.29, 1.82) is 0 Å². The van der Waals surface area contributed by atoms with Crippen molar-refractivity contribution in [2.24, 2.45) is 5.92 Å². The van der Waals surface area contributed by atoms with E-state index in [0.29, 0.717) is 0 Å². The molecular formula is C9H16O. The van der Waals surface area contributed by atoms with E-state index in [1.165, 1.54) is 18.4 Å². The smallest absolute Gasteiger partial charge is 0.0726 e. The zero-order valence-corrected chi connectivity index (χ0v) is 6.80. The Bertz CT molecular complexity index is 138. The number of allylic oxidation sites excluding steroid dienone is 1.